The van der Waals surface area contributed by atoms with Gasteiger partial charge >= 0.3 is 0 Å². The number of anilines is 1. The maximum atomic E-state index is 13.1. The van der Waals surface area contributed by atoms with Crippen LogP contribution in [0.25, 0.3) is 22.3 Å². The molecule has 168 valence electrons. The van der Waals surface area contributed by atoms with Gasteiger partial charge in [-0.25, -0.2) is 18.4 Å². The fraction of sp³-hybridized carbons (Fsp3) is 0.200. The van der Waals surface area contributed by atoms with Crippen LogP contribution in [0, 0.1) is 6.92 Å². The molecule has 5 rings (SSSR count). The molecule has 0 atom stereocenters. The van der Waals surface area contributed by atoms with Gasteiger partial charge in [-0.05, 0) is 55.5 Å². The Balaban J connectivity index is 1.44. The summed E-state index contributed by atoms with van der Waals surface area (Å²) < 4.78 is 27.7. The molecule has 0 saturated carbocycles. The predicted octanol–water partition coefficient (Wildman–Crippen LogP) is 4.77. The normalized spacial score (nSPS) is 15.2. The first-order valence-electron chi connectivity index (χ1n) is 10.8. The van der Waals surface area contributed by atoms with Crippen LogP contribution in [-0.4, -0.2) is 48.9 Å². The van der Waals surface area contributed by atoms with Crippen molar-refractivity contribution in [1.82, 2.24) is 14.3 Å². The van der Waals surface area contributed by atoms with Gasteiger partial charge in [-0.3, -0.25) is 0 Å². The van der Waals surface area contributed by atoms with E-state index < -0.39 is 10.0 Å². The van der Waals surface area contributed by atoms with Crippen molar-refractivity contribution in [2.24, 2.45) is 0 Å². The van der Waals surface area contributed by atoms with Crippen molar-refractivity contribution in [2.75, 3.05) is 31.1 Å². The van der Waals surface area contributed by atoms with E-state index in [1.807, 2.05) is 67.6 Å². The van der Waals surface area contributed by atoms with E-state index >= 15 is 0 Å². The third kappa shape index (κ3) is 4.31. The average molecular weight is 479 g/mol. The molecule has 1 aromatic heterocycles. The van der Waals surface area contributed by atoms with Crippen LogP contribution in [-0.2, 0) is 10.0 Å². The van der Waals surface area contributed by atoms with Crippen molar-refractivity contribution in [1.29, 1.82) is 0 Å². The van der Waals surface area contributed by atoms with Gasteiger partial charge in [0.15, 0.2) is 5.82 Å². The third-order valence-corrected chi connectivity index (χ3v) is 8.05. The second-order valence-corrected chi connectivity index (χ2v) is 10.5. The molecule has 2 heterocycles. The van der Waals surface area contributed by atoms with Gasteiger partial charge in [0.25, 0.3) is 0 Å². The molecule has 0 radical (unpaired) electrons. The lowest BCUT2D eigenvalue weighted by molar-refractivity contribution is 0.384. The van der Waals surface area contributed by atoms with E-state index in [1.165, 1.54) is 0 Å². The molecule has 0 bridgehead atoms. The van der Waals surface area contributed by atoms with Crippen molar-refractivity contribution in [3.63, 3.8) is 0 Å². The minimum atomic E-state index is -3.52. The fourth-order valence-corrected chi connectivity index (χ4v) is 5.58. The topological polar surface area (TPSA) is 66.4 Å². The zero-order valence-corrected chi connectivity index (χ0v) is 19.7. The van der Waals surface area contributed by atoms with Gasteiger partial charge in [0.05, 0.1) is 10.4 Å². The summed E-state index contributed by atoms with van der Waals surface area (Å²) in [5, 5.41) is 1.61. The fourth-order valence-electron chi connectivity index (χ4n) is 4.03. The third-order valence-electron chi connectivity index (χ3n) is 5.88. The Morgan fingerprint density at radius 2 is 1.48 bits per heavy atom. The number of aromatic nitrogens is 2. The molecule has 1 fully saturated rings. The van der Waals surface area contributed by atoms with Crippen LogP contribution < -0.4 is 4.90 Å². The highest BCUT2D eigenvalue weighted by atomic mass is 35.5. The van der Waals surface area contributed by atoms with Crippen molar-refractivity contribution < 1.29 is 8.42 Å². The summed E-state index contributed by atoms with van der Waals surface area (Å²) in [6.07, 6.45) is 0. The zero-order valence-electron chi connectivity index (χ0n) is 18.1. The molecular formula is C25H23ClN4O2S. The van der Waals surface area contributed by atoms with Gasteiger partial charge in [-0.15, -0.1) is 0 Å². The van der Waals surface area contributed by atoms with Crippen LogP contribution >= 0.6 is 11.6 Å². The van der Waals surface area contributed by atoms with E-state index in [9.17, 15) is 8.42 Å². The highest BCUT2D eigenvalue weighted by Gasteiger charge is 2.29. The number of para-hydroxylation sites is 1. The van der Waals surface area contributed by atoms with Crippen molar-refractivity contribution in [3.05, 3.63) is 83.4 Å². The summed E-state index contributed by atoms with van der Waals surface area (Å²) in [5.41, 5.74) is 2.76. The highest BCUT2D eigenvalue weighted by molar-refractivity contribution is 7.89. The number of nitrogens with zero attached hydrogens (tertiary/aromatic N) is 4. The second kappa shape index (κ2) is 8.74. The molecule has 4 aromatic rings. The number of benzene rings is 3. The van der Waals surface area contributed by atoms with E-state index in [4.69, 9.17) is 21.6 Å². The molecule has 0 N–H and O–H groups in total. The summed E-state index contributed by atoms with van der Waals surface area (Å²) in [6, 6.07) is 22.4. The van der Waals surface area contributed by atoms with Crippen LogP contribution in [0.2, 0.25) is 5.02 Å². The van der Waals surface area contributed by atoms with Gasteiger partial charge in [0.2, 0.25) is 10.0 Å². The van der Waals surface area contributed by atoms with Gasteiger partial charge in [0, 0.05) is 42.2 Å². The van der Waals surface area contributed by atoms with Crippen molar-refractivity contribution in [2.45, 2.75) is 11.8 Å². The summed E-state index contributed by atoms with van der Waals surface area (Å²) in [6.45, 7) is 3.83. The molecule has 0 amide bonds. The average Bonchev–Trinajstić information content (AvgIpc) is 2.84. The summed E-state index contributed by atoms with van der Waals surface area (Å²) in [7, 11) is -3.52. The Kier molecular flexibility index (Phi) is 5.78. The maximum Gasteiger partial charge on any atom is 0.243 e. The molecule has 8 heteroatoms. The van der Waals surface area contributed by atoms with Gasteiger partial charge < -0.3 is 4.90 Å². The number of hydrogen-bond donors (Lipinski definition) is 0. The number of rotatable bonds is 4. The van der Waals surface area contributed by atoms with Crippen molar-refractivity contribution in [3.8, 4) is 11.4 Å². The SMILES string of the molecule is Cc1ccc(S(=O)(=O)N2CCN(c3nc(-c4ccc(Cl)cc4)nc4ccccc34)CC2)cc1. The first-order chi connectivity index (χ1) is 15.9. The van der Waals surface area contributed by atoms with Crippen LogP contribution in [0.4, 0.5) is 5.82 Å². The first-order valence-corrected chi connectivity index (χ1v) is 12.6. The van der Waals surface area contributed by atoms with Crippen LogP contribution in [0.3, 0.4) is 0 Å². The predicted molar refractivity (Wildman–Crippen MR) is 132 cm³/mol. The van der Waals surface area contributed by atoms with E-state index in [0.29, 0.717) is 41.9 Å². The number of sulfonamides is 1. The smallest absolute Gasteiger partial charge is 0.243 e. The minimum Gasteiger partial charge on any atom is -0.353 e. The molecule has 6 nitrogen and oxygen atoms in total. The summed E-state index contributed by atoms with van der Waals surface area (Å²) >= 11 is 6.05. The largest absolute Gasteiger partial charge is 0.353 e. The molecule has 1 saturated heterocycles. The molecule has 33 heavy (non-hydrogen) atoms. The molecule has 1 aliphatic rings. The summed E-state index contributed by atoms with van der Waals surface area (Å²) in [4.78, 5) is 12.1. The Morgan fingerprint density at radius 3 is 2.18 bits per heavy atom. The number of aryl methyl sites for hydroxylation is 1. The number of fused-ring (bicyclic) bond motifs is 1. The Labute approximate surface area is 198 Å². The Hall–Kier alpha value is -3.00. The molecule has 0 aliphatic carbocycles. The lowest BCUT2D eigenvalue weighted by atomic mass is 10.1. The van der Waals surface area contributed by atoms with Crippen LogP contribution in [0.1, 0.15) is 5.56 Å². The minimum absolute atomic E-state index is 0.332. The molecule has 0 spiro atoms. The zero-order chi connectivity index (χ0) is 23.0. The number of hydrogen-bond acceptors (Lipinski definition) is 5. The van der Waals surface area contributed by atoms with Crippen molar-refractivity contribution >= 4 is 38.3 Å². The van der Waals surface area contributed by atoms with Gasteiger partial charge in [0.1, 0.15) is 5.82 Å². The molecule has 1 aliphatic heterocycles. The van der Waals surface area contributed by atoms with Gasteiger partial charge in [-0.1, -0.05) is 41.4 Å². The quantitative estimate of drug-likeness (QED) is 0.422. The first kappa shape index (κ1) is 21.8. The maximum absolute atomic E-state index is 13.1. The number of halogens is 1. The lowest BCUT2D eigenvalue weighted by Gasteiger charge is -2.35. The summed E-state index contributed by atoms with van der Waals surface area (Å²) in [5.74, 6) is 1.44. The van der Waals surface area contributed by atoms with E-state index in [1.54, 1.807) is 16.4 Å². The lowest BCUT2D eigenvalue weighted by Crippen LogP contribution is -2.49. The molecule has 3 aromatic carbocycles. The monoisotopic (exact) mass is 478 g/mol. The van der Waals surface area contributed by atoms with Gasteiger partial charge in [-0.2, -0.15) is 4.31 Å². The Morgan fingerprint density at radius 1 is 0.818 bits per heavy atom. The standard InChI is InChI=1S/C25H23ClN4O2S/c1-18-6-12-21(13-7-18)33(31,32)30-16-14-29(15-17-30)25-22-4-2-3-5-23(22)27-24(28-25)19-8-10-20(26)11-9-19/h2-13H,14-17H2,1H3. The van der Waals surface area contributed by atoms with Crippen LogP contribution in [0.5, 0.6) is 0 Å². The van der Waals surface area contributed by atoms with Crippen LogP contribution in [0.15, 0.2) is 77.7 Å². The van der Waals surface area contributed by atoms with E-state index in [0.717, 1.165) is 27.8 Å². The highest BCUT2D eigenvalue weighted by Crippen LogP contribution is 2.29. The second-order valence-electron chi connectivity index (χ2n) is 8.10. The van der Waals surface area contributed by atoms with E-state index in [-0.39, 0.29) is 0 Å². The number of piperazine rings is 1. The Bertz CT molecular complexity index is 1400. The van der Waals surface area contributed by atoms with E-state index in [2.05, 4.69) is 4.90 Å². The molecule has 0 unspecified atom stereocenters. The molecular weight excluding hydrogens is 456 g/mol.